The second-order valence-corrected chi connectivity index (χ2v) is 7.32. The van der Waals surface area contributed by atoms with Gasteiger partial charge < -0.3 is 42.7 Å². The summed E-state index contributed by atoms with van der Waals surface area (Å²) in [5.74, 6) is -6.11. The number of primary amides is 1. The molecule has 186 valence electrons. The maximum atomic E-state index is 12.6. The fourth-order valence-electron chi connectivity index (χ4n) is 2.72. The molecule has 0 saturated heterocycles. The van der Waals surface area contributed by atoms with Crippen molar-refractivity contribution in [3.63, 3.8) is 0 Å². The molecule has 0 aliphatic carbocycles. The van der Waals surface area contributed by atoms with Crippen LogP contribution in [0.1, 0.15) is 24.8 Å². The number of carboxylic acids is 2. The van der Waals surface area contributed by atoms with E-state index < -0.39 is 66.7 Å². The highest BCUT2D eigenvalue weighted by molar-refractivity contribution is 5.93. The zero-order valence-corrected chi connectivity index (χ0v) is 18.0. The summed E-state index contributed by atoms with van der Waals surface area (Å²) in [7, 11) is 0. The molecule has 10 N–H and O–H groups in total. The average molecular weight is 481 g/mol. The van der Waals surface area contributed by atoms with Gasteiger partial charge in [-0.3, -0.25) is 24.0 Å². The van der Waals surface area contributed by atoms with Gasteiger partial charge in [0.05, 0.1) is 19.0 Å². The van der Waals surface area contributed by atoms with E-state index in [-0.39, 0.29) is 25.0 Å². The zero-order chi connectivity index (χ0) is 25.8. The predicted octanol–water partition coefficient (Wildman–Crippen LogP) is -2.83. The molecule has 3 unspecified atom stereocenters. The van der Waals surface area contributed by atoms with Gasteiger partial charge in [0.15, 0.2) is 0 Å². The standard InChI is InChI=1S/C20H27N5O9/c21-12(8-17(29)30)18(31)25-14(7-10-1-3-11(26)4-2-10)19(32)23-9-16(28)24-13(20(33)34)5-6-15(22)27/h1-4,12-14,26H,5-9,21H2,(H2,22,27)(H,23,32)(H,24,28)(H,25,31)(H,29,30)(H,33,34). The Labute approximate surface area is 193 Å². The molecule has 1 aromatic carbocycles. The Bertz CT molecular complexity index is 920. The van der Waals surface area contributed by atoms with Crippen molar-refractivity contribution in [2.24, 2.45) is 11.5 Å². The van der Waals surface area contributed by atoms with Gasteiger partial charge in [0.1, 0.15) is 17.8 Å². The number of rotatable bonds is 14. The Morgan fingerprint density at radius 1 is 0.912 bits per heavy atom. The normalized spacial score (nSPS) is 13.1. The Balaban J connectivity index is 2.82. The second kappa shape index (κ2) is 13.4. The van der Waals surface area contributed by atoms with E-state index in [0.29, 0.717) is 5.56 Å². The maximum Gasteiger partial charge on any atom is 0.326 e. The van der Waals surface area contributed by atoms with Crippen molar-refractivity contribution in [3.8, 4) is 5.75 Å². The number of carbonyl (C=O) groups excluding carboxylic acids is 4. The number of hydrogen-bond acceptors (Lipinski definition) is 8. The number of aliphatic carboxylic acids is 2. The Hall–Kier alpha value is -4.20. The van der Waals surface area contributed by atoms with Crippen LogP contribution in [-0.4, -0.2) is 75.6 Å². The minimum Gasteiger partial charge on any atom is -0.508 e. The van der Waals surface area contributed by atoms with Crippen LogP contribution in [0.4, 0.5) is 0 Å². The number of carboxylic acid groups (broad SMARTS) is 2. The molecule has 0 aromatic heterocycles. The monoisotopic (exact) mass is 481 g/mol. The number of nitrogens with two attached hydrogens (primary N) is 2. The van der Waals surface area contributed by atoms with E-state index in [0.717, 1.165) is 0 Å². The lowest BCUT2D eigenvalue weighted by Gasteiger charge is -2.21. The summed E-state index contributed by atoms with van der Waals surface area (Å²) >= 11 is 0. The van der Waals surface area contributed by atoms with Gasteiger partial charge in [-0.1, -0.05) is 12.1 Å². The first kappa shape index (κ1) is 27.8. The molecule has 1 aromatic rings. The van der Waals surface area contributed by atoms with Crippen LogP contribution in [0.15, 0.2) is 24.3 Å². The molecule has 1 rings (SSSR count). The number of aromatic hydroxyl groups is 1. The number of hydrogen-bond donors (Lipinski definition) is 8. The van der Waals surface area contributed by atoms with Crippen molar-refractivity contribution >= 4 is 35.6 Å². The fraction of sp³-hybridized carbons (Fsp3) is 0.400. The Morgan fingerprint density at radius 3 is 2.06 bits per heavy atom. The van der Waals surface area contributed by atoms with Crippen LogP contribution in [-0.2, 0) is 35.2 Å². The van der Waals surface area contributed by atoms with E-state index in [1.54, 1.807) is 0 Å². The first-order valence-electron chi connectivity index (χ1n) is 10.0. The molecule has 0 aliphatic rings. The lowest BCUT2D eigenvalue weighted by molar-refractivity contribution is -0.142. The topological polar surface area (TPSA) is 251 Å². The van der Waals surface area contributed by atoms with Crippen molar-refractivity contribution in [2.75, 3.05) is 6.54 Å². The van der Waals surface area contributed by atoms with Gasteiger partial charge in [-0.25, -0.2) is 4.79 Å². The van der Waals surface area contributed by atoms with Crippen LogP contribution in [0.5, 0.6) is 5.75 Å². The summed E-state index contributed by atoms with van der Waals surface area (Å²) < 4.78 is 0. The number of amides is 4. The number of benzene rings is 1. The first-order valence-corrected chi connectivity index (χ1v) is 10.0. The number of phenols is 1. The molecular formula is C20H27N5O9. The summed E-state index contributed by atoms with van der Waals surface area (Å²) in [5, 5.41) is 34.0. The van der Waals surface area contributed by atoms with Crippen LogP contribution in [0.3, 0.4) is 0 Å². The molecule has 0 aliphatic heterocycles. The van der Waals surface area contributed by atoms with Gasteiger partial charge in [-0.15, -0.1) is 0 Å². The molecule has 0 saturated carbocycles. The third kappa shape index (κ3) is 10.4. The largest absolute Gasteiger partial charge is 0.508 e. The average Bonchev–Trinajstić information content (AvgIpc) is 2.74. The van der Waals surface area contributed by atoms with E-state index in [1.165, 1.54) is 24.3 Å². The van der Waals surface area contributed by atoms with Crippen LogP contribution in [0.25, 0.3) is 0 Å². The van der Waals surface area contributed by atoms with Gasteiger partial charge in [0.25, 0.3) is 0 Å². The Kier molecular flexibility index (Phi) is 10.9. The summed E-state index contributed by atoms with van der Waals surface area (Å²) in [4.78, 5) is 69.8. The minimum absolute atomic E-state index is 0.0294. The first-order chi connectivity index (χ1) is 15.9. The van der Waals surface area contributed by atoms with Crippen molar-refractivity contribution in [3.05, 3.63) is 29.8 Å². The van der Waals surface area contributed by atoms with Crippen molar-refractivity contribution in [2.45, 2.75) is 43.8 Å². The maximum absolute atomic E-state index is 12.6. The molecule has 14 heteroatoms. The van der Waals surface area contributed by atoms with Crippen molar-refractivity contribution in [1.29, 1.82) is 0 Å². The molecule has 3 atom stereocenters. The van der Waals surface area contributed by atoms with E-state index in [4.69, 9.17) is 21.7 Å². The van der Waals surface area contributed by atoms with Crippen LogP contribution < -0.4 is 27.4 Å². The third-order valence-electron chi connectivity index (χ3n) is 4.48. The van der Waals surface area contributed by atoms with E-state index >= 15 is 0 Å². The molecule has 0 fully saturated rings. The second-order valence-electron chi connectivity index (χ2n) is 7.32. The highest BCUT2D eigenvalue weighted by atomic mass is 16.4. The van der Waals surface area contributed by atoms with Gasteiger partial charge in [-0.05, 0) is 24.1 Å². The molecule has 0 spiro atoms. The third-order valence-corrected chi connectivity index (χ3v) is 4.48. The smallest absolute Gasteiger partial charge is 0.326 e. The van der Waals surface area contributed by atoms with E-state index in [2.05, 4.69) is 16.0 Å². The predicted molar refractivity (Wildman–Crippen MR) is 115 cm³/mol. The lowest BCUT2D eigenvalue weighted by Crippen LogP contribution is -2.54. The van der Waals surface area contributed by atoms with E-state index in [1.807, 2.05) is 0 Å². The van der Waals surface area contributed by atoms with Gasteiger partial charge in [0.2, 0.25) is 23.6 Å². The molecule has 34 heavy (non-hydrogen) atoms. The summed E-state index contributed by atoms with van der Waals surface area (Å²) in [6, 6.07) is 1.58. The van der Waals surface area contributed by atoms with Crippen LogP contribution in [0.2, 0.25) is 0 Å². The van der Waals surface area contributed by atoms with Crippen LogP contribution >= 0.6 is 0 Å². The van der Waals surface area contributed by atoms with Crippen molar-refractivity contribution < 1.29 is 44.1 Å². The summed E-state index contributed by atoms with van der Waals surface area (Å²) in [6.07, 6.45) is -1.29. The highest BCUT2D eigenvalue weighted by Crippen LogP contribution is 2.11. The molecule has 4 amide bonds. The number of nitrogens with one attached hydrogen (secondary N) is 3. The van der Waals surface area contributed by atoms with Crippen molar-refractivity contribution in [1.82, 2.24) is 16.0 Å². The SMILES string of the molecule is NC(=O)CCC(NC(=O)CNC(=O)C(Cc1ccc(O)cc1)NC(=O)C(N)CC(=O)O)C(=O)O. The quantitative estimate of drug-likeness (QED) is 0.135. The summed E-state index contributed by atoms with van der Waals surface area (Å²) in [5.41, 5.74) is 11.0. The molecule has 0 heterocycles. The molecule has 0 radical (unpaired) electrons. The molecular weight excluding hydrogens is 454 g/mol. The Morgan fingerprint density at radius 2 is 1.53 bits per heavy atom. The summed E-state index contributed by atoms with van der Waals surface area (Å²) in [6.45, 7) is -0.650. The van der Waals surface area contributed by atoms with Gasteiger partial charge >= 0.3 is 11.9 Å². The van der Waals surface area contributed by atoms with E-state index in [9.17, 15) is 33.9 Å². The minimum atomic E-state index is -1.43. The zero-order valence-electron chi connectivity index (χ0n) is 18.0. The molecule has 14 nitrogen and oxygen atoms in total. The van der Waals surface area contributed by atoms with Crippen LogP contribution in [0, 0.1) is 0 Å². The lowest BCUT2D eigenvalue weighted by atomic mass is 10.0. The molecule has 0 bridgehead atoms. The fourth-order valence-corrected chi connectivity index (χ4v) is 2.72. The number of phenolic OH excluding ortho intramolecular Hbond substituents is 1. The van der Waals surface area contributed by atoms with Gasteiger partial charge in [0, 0.05) is 12.8 Å². The van der Waals surface area contributed by atoms with Gasteiger partial charge in [-0.2, -0.15) is 0 Å². The highest BCUT2D eigenvalue weighted by Gasteiger charge is 2.26. The number of carbonyl (C=O) groups is 6.